The molecule has 2 aromatic carbocycles. The lowest BCUT2D eigenvalue weighted by molar-refractivity contribution is -0.121. The molecule has 0 aliphatic carbocycles. The van der Waals surface area contributed by atoms with Crippen LogP contribution in [0.5, 0.6) is 0 Å². The first kappa shape index (κ1) is 18.9. The van der Waals surface area contributed by atoms with Gasteiger partial charge in [-0.05, 0) is 30.2 Å². The highest BCUT2D eigenvalue weighted by Gasteiger charge is 2.60. The Balaban J connectivity index is 1.53. The second-order valence-corrected chi connectivity index (χ2v) is 8.67. The number of imidazole rings is 1. The van der Waals surface area contributed by atoms with Crippen LogP contribution in [0.2, 0.25) is 0 Å². The van der Waals surface area contributed by atoms with Crippen molar-refractivity contribution in [1.29, 1.82) is 0 Å². The number of benzene rings is 2. The van der Waals surface area contributed by atoms with Crippen LogP contribution < -0.4 is 5.32 Å². The average Bonchev–Trinajstić information content (AvgIpc) is 3.54. The maximum atomic E-state index is 13.9. The summed E-state index contributed by atoms with van der Waals surface area (Å²) in [5, 5.41) is 4.07. The molecule has 2 aromatic heterocycles. The van der Waals surface area contributed by atoms with Crippen LogP contribution in [0.15, 0.2) is 67.0 Å². The van der Waals surface area contributed by atoms with Gasteiger partial charge >= 0.3 is 0 Å². The zero-order valence-corrected chi connectivity index (χ0v) is 17.9. The number of nitrogens with one attached hydrogen (secondary N) is 1. The van der Waals surface area contributed by atoms with Crippen molar-refractivity contribution in [2.24, 2.45) is 14.1 Å². The summed E-state index contributed by atoms with van der Waals surface area (Å²) in [5.41, 5.74) is 2.49. The van der Waals surface area contributed by atoms with Crippen LogP contribution in [-0.2, 0) is 24.3 Å². The van der Waals surface area contributed by atoms with Crippen LogP contribution in [0.1, 0.15) is 34.3 Å². The van der Waals surface area contributed by atoms with Crippen LogP contribution in [0.4, 0.5) is 5.69 Å². The van der Waals surface area contributed by atoms with Gasteiger partial charge in [0, 0.05) is 49.6 Å². The van der Waals surface area contributed by atoms with Gasteiger partial charge in [0.05, 0.1) is 0 Å². The van der Waals surface area contributed by atoms with Crippen molar-refractivity contribution in [2.45, 2.75) is 17.9 Å². The monoisotopic (exact) mass is 425 g/mol. The fraction of sp³-hybridized carbons (Fsp3) is 0.240. The van der Waals surface area contributed by atoms with Crippen molar-refractivity contribution in [3.8, 4) is 0 Å². The van der Waals surface area contributed by atoms with Crippen LogP contribution >= 0.6 is 0 Å². The van der Waals surface area contributed by atoms with Crippen molar-refractivity contribution in [1.82, 2.24) is 19.0 Å². The Kier molecular flexibility index (Phi) is 3.87. The lowest BCUT2D eigenvalue weighted by Crippen LogP contribution is -2.44. The molecule has 160 valence electrons. The number of aryl methyl sites for hydroxylation is 2. The molecular formula is C25H23N5O2. The van der Waals surface area contributed by atoms with Crippen molar-refractivity contribution < 1.29 is 9.59 Å². The van der Waals surface area contributed by atoms with Crippen molar-refractivity contribution in [3.63, 3.8) is 0 Å². The Morgan fingerprint density at radius 2 is 1.91 bits per heavy atom. The third-order valence-electron chi connectivity index (χ3n) is 7.12. The topological polar surface area (TPSA) is 72.2 Å². The van der Waals surface area contributed by atoms with E-state index in [-0.39, 0.29) is 11.8 Å². The van der Waals surface area contributed by atoms with E-state index in [0.717, 1.165) is 22.2 Å². The number of carbonyl (C=O) groups excluding carboxylic acids is 2. The van der Waals surface area contributed by atoms with Crippen LogP contribution in [0.3, 0.4) is 0 Å². The van der Waals surface area contributed by atoms with Gasteiger partial charge in [-0.15, -0.1) is 0 Å². The van der Waals surface area contributed by atoms with Crippen molar-refractivity contribution in [2.75, 3.05) is 11.9 Å². The number of rotatable bonds is 2. The Morgan fingerprint density at radius 3 is 2.69 bits per heavy atom. The van der Waals surface area contributed by atoms with E-state index in [1.54, 1.807) is 6.20 Å². The summed E-state index contributed by atoms with van der Waals surface area (Å²) >= 11 is 0. The maximum Gasteiger partial charge on any atom is 0.271 e. The number of para-hydroxylation sites is 2. The van der Waals surface area contributed by atoms with Gasteiger partial charge in [-0.1, -0.05) is 36.4 Å². The molecule has 0 saturated carbocycles. The molecule has 1 saturated heterocycles. The molecule has 4 heterocycles. The van der Waals surface area contributed by atoms with Crippen molar-refractivity contribution in [3.05, 3.63) is 84.1 Å². The first-order valence-electron chi connectivity index (χ1n) is 10.8. The molecule has 4 aromatic rings. The number of anilines is 1. The molecule has 6 rings (SSSR count). The molecular weight excluding hydrogens is 402 g/mol. The van der Waals surface area contributed by atoms with Gasteiger partial charge in [-0.25, -0.2) is 4.98 Å². The summed E-state index contributed by atoms with van der Waals surface area (Å²) in [5.74, 6) is 0.547. The van der Waals surface area contributed by atoms with E-state index in [1.807, 2.05) is 88.9 Å². The summed E-state index contributed by atoms with van der Waals surface area (Å²) < 4.78 is 3.84. The van der Waals surface area contributed by atoms with E-state index < -0.39 is 11.5 Å². The van der Waals surface area contributed by atoms with E-state index in [4.69, 9.17) is 0 Å². The first-order chi connectivity index (χ1) is 15.5. The Hall–Kier alpha value is -3.87. The molecule has 7 heteroatoms. The van der Waals surface area contributed by atoms with Gasteiger partial charge in [-0.3, -0.25) is 9.59 Å². The molecule has 7 nitrogen and oxygen atoms in total. The maximum absolute atomic E-state index is 13.9. The molecule has 0 bridgehead atoms. The second kappa shape index (κ2) is 6.56. The van der Waals surface area contributed by atoms with E-state index in [0.29, 0.717) is 24.5 Å². The molecule has 1 N–H and O–H groups in total. The third kappa shape index (κ3) is 2.33. The molecule has 2 amide bonds. The Labute approximate surface area is 185 Å². The lowest BCUT2D eigenvalue weighted by atomic mass is 9.74. The Morgan fingerprint density at radius 1 is 1.12 bits per heavy atom. The molecule has 2 aliphatic heterocycles. The van der Waals surface area contributed by atoms with E-state index in [9.17, 15) is 9.59 Å². The lowest BCUT2D eigenvalue weighted by Gasteiger charge is -2.33. The third-order valence-corrected chi connectivity index (χ3v) is 7.12. The number of carbonyl (C=O) groups is 2. The summed E-state index contributed by atoms with van der Waals surface area (Å²) in [6.45, 7) is 0.472. The van der Waals surface area contributed by atoms with Gasteiger partial charge in [0.15, 0.2) is 0 Å². The highest BCUT2D eigenvalue weighted by atomic mass is 16.2. The number of aromatic nitrogens is 3. The minimum Gasteiger partial charge on any atom is -0.340 e. The smallest absolute Gasteiger partial charge is 0.271 e. The predicted octanol–water partition coefficient (Wildman–Crippen LogP) is 3.39. The van der Waals surface area contributed by atoms with E-state index in [2.05, 4.69) is 10.3 Å². The zero-order chi connectivity index (χ0) is 22.0. The van der Waals surface area contributed by atoms with Gasteiger partial charge < -0.3 is 19.4 Å². The summed E-state index contributed by atoms with van der Waals surface area (Å²) in [6, 6.07) is 17.2. The Bertz CT molecular complexity index is 1400. The number of nitrogens with zero attached hydrogens (tertiary/aromatic N) is 4. The van der Waals surface area contributed by atoms with Gasteiger partial charge in [-0.2, -0.15) is 0 Å². The standard InChI is InChI=1S/C25H23N5O2/c1-28-14-12-26-22(28)21-25(17-8-4-5-9-18(17)27-24(25)32)11-13-30(21)23(31)20-15-16-7-3-6-10-19(16)29(20)2/h3-10,12,14-15,21H,11,13H2,1-2H3,(H,27,32)/t21-,25+/m0/s1. The largest absolute Gasteiger partial charge is 0.340 e. The van der Waals surface area contributed by atoms with E-state index in [1.165, 1.54) is 0 Å². The number of hydrogen-bond acceptors (Lipinski definition) is 3. The number of likely N-dealkylation sites (tertiary alicyclic amines) is 1. The molecule has 1 spiro atoms. The molecule has 2 aliphatic rings. The fourth-order valence-electron chi connectivity index (χ4n) is 5.55. The predicted molar refractivity (Wildman–Crippen MR) is 121 cm³/mol. The van der Waals surface area contributed by atoms with Gasteiger partial charge in [0.2, 0.25) is 5.91 Å². The number of amides is 2. The van der Waals surface area contributed by atoms with Crippen LogP contribution in [0, 0.1) is 0 Å². The number of hydrogen-bond donors (Lipinski definition) is 1. The minimum absolute atomic E-state index is 0.0703. The van der Waals surface area contributed by atoms with Gasteiger partial charge in [0.1, 0.15) is 23.0 Å². The molecule has 2 atom stereocenters. The van der Waals surface area contributed by atoms with Crippen LogP contribution in [-0.4, -0.2) is 37.4 Å². The quantitative estimate of drug-likeness (QED) is 0.535. The summed E-state index contributed by atoms with van der Waals surface area (Å²) in [4.78, 5) is 33.9. The zero-order valence-electron chi connectivity index (χ0n) is 17.9. The number of fused-ring (bicyclic) bond motifs is 3. The minimum atomic E-state index is -0.865. The highest BCUT2D eigenvalue weighted by molar-refractivity contribution is 6.08. The second-order valence-electron chi connectivity index (χ2n) is 8.67. The molecule has 0 unspecified atom stereocenters. The van der Waals surface area contributed by atoms with E-state index >= 15 is 0 Å². The highest BCUT2D eigenvalue weighted by Crippen LogP contribution is 2.54. The summed E-state index contributed by atoms with van der Waals surface area (Å²) in [7, 11) is 3.82. The van der Waals surface area contributed by atoms with Crippen molar-refractivity contribution >= 4 is 28.4 Å². The first-order valence-corrected chi connectivity index (χ1v) is 10.8. The molecule has 0 radical (unpaired) electrons. The summed E-state index contributed by atoms with van der Waals surface area (Å²) in [6.07, 6.45) is 4.13. The molecule has 32 heavy (non-hydrogen) atoms. The fourth-order valence-corrected chi connectivity index (χ4v) is 5.55. The average molecular weight is 425 g/mol. The SMILES string of the molecule is Cn1ccnc1[C@@H]1N(C(=O)c2cc3ccccc3n2C)CC[C@]12C(=O)Nc1ccccc12. The van der Waals surface area contributed by atoms with Crippen LogP contribution in [0.25, 0.3) is 10.9 Å². The molecule has 1 fully saturated rings. The normalized spacial score (nSPS) is 22.0. The van der Waals surface area contributed by atoms with Gasteiger partial charge in [0.25, 0.3) is 5.91 Å².